The standard InChI is InChI=1S/C9H5Cl2NO2/c10-5-9(11)14-8-4-2-1-3-7(8)12-6-13/h1-5H. The maximum absolute atomic E-state index is 10.1. The molecule has 0 aliphatic rings. The molecular formula is C9H5Cl2NO2. The van der Waals surface area contributed by atoms with Crippen molar-refractivity contribution in [3.05, 3.63) is 35.0 Å². The second-order valence-electron chi connectivity index (χ2n) is 2.19. The second-order valence-corrected chi connectivity index (χ2v) is 2.78. The molecule has 0 aliphatic heterocycles. The number of hydrogen-bond acceptors (Lipinski definition) is 3. The molecular weight excluding hydrogens is 225 g/mol. The van der Waals surface area contributed by atoms with Crippen molar-refractivity contribution in [3.8, 4) is 5.75 Å². The van der Waals surface area contributed by atoms with Crippen molar-refractivity contribution in [1.82, 2.24) is 0 Å². The van der Waals surface area contributed by atoms with Crippen molar-refractivity contribution in [2.45, 2.75) is 0 Å². The number of rotatable bonds is 3. The molecule has 0 heterocycles. The third kappa shape index (κ3) is 2.89. The largest absolute Gasteiger partial charge is 0.442 e. The number of benzene rings is 1. The Kier molecular flexibility index (Phi) is 4.20. The lowest BCUT2D eigenvalue weighted by Gasteiger charge is -2.04. The Morgan fingerprint density at radius 2 is 2.21 bits per heavy atom. The van der Waals surface area contributed by atoms with E-state index in [2.05, 4.69) is 4.99 Å². The molecule has 14 heavy (non-hydrogen) atoms. The summed E-state index contributed by atoms with van der Waals surface area (Å²) in [7, 11) is 0. The summed E-state index contributed by atoms with van der Waals surface area (Å²) >= 11 is 10.8. The molecule has 72 valence electrons. The SMILES string of the molecule is O=C=Nc1ccccc1OC(Cl)=CCl. The summed E-state index contributed by atoms with van der Waals surface area (Å²) in [6.45, 7) is 0. The van der Waals surface area contributed by atoms with Gasteiger partial charge in [-0.3, -0.25) is 0 Å². The van der Waals surface area contributed by atoms with E-state index in [0.29, 0.717) is 11.4 Å². The number of nitrogens with zero attached hydrogens (tertiary/aromatic N) is 1. The van der Waals surface area contributed by atoms with Gasteiger partial charge >= 0.3 is 0 Å². The van der Waals surface area contributed by atoms with Crippen molar-refractivity contribution in [1.29, 1.82) is 0 Å². The number of aliphatic imine (C=N–C) groups is 1. The molecule has 5 heteroatoms. The molecule has 1 rings (SSSR count). The number of carbonyl (C=O) groups excluding carboxylic acids is 1. The van der Waals surface area contributed by atoms with Crippen molar-refractivity contribution in [2.24, 2.45) is 4.99 Å². The van der Waals surface area contributed by atoms with E-state index in [-0.39, 0.29) is 5.22 Å². The molecule has 0 radical (unpaired) electrons. The van der Waals surface area contributed by atoms with Crippen LogP contribution in [0.4, 0.5) is 5.69 Å². The molecule has 0 amide bonds. The predicted octanol–water partition coefficient (Wildman–Crippen LogP) is 3.31. The van der Waals surface area contributed by atoms with Crippen molar-refractivity contribution >= 4 is 35.0 Å². The first-order valence-corrected chi connectivity index (χ1v) is 4.40. The maximum atomic E-state index is 10.1. The van der Waals surface area contributed by atoms with Gasteiger partial charge in [0.1, 0.15) is 5.69 Å². The average molecular weight is 230 g/mol. The zero-order valence-electron chi connectivity index (χ0n) is 6.91. The van der Waals surface area contributed by atoms with Crippen molar-refractivity contribution in [3.63, 3.8) is 0 Å². The Labute approximate surface area is 90.6 Å². The summed E-state index contributed by atoms with van der Waals surface area (Å²) in [6.07, 6.45) is 1.42. The highest BCUT2D eigenvalue weighted by molar-refractivity contribution is 6.35. The van der Waals surface area contributed by atoms with Gasteiger partial charge in [-0.1, -0.05) is 23.7 Å². The topological polar surface area (TPSA) is 38.7 Å². The molecule has 0 saturated heterocycles. The monoisotopic (exact) mass is 229 g/mol. The smallest absolute Gasteiger partial charge is 0.240 e. The van der Waals surface area contributed by atoms with Crippen LogP contribution in [0.1, 0.15) is 0 Å². The summed E-state index contributed by atoms with van der Waals surface area (Å²) in [5.74, 6) is 0.345. The van der Waals surface area contributed by atoms with E-state index in [4.69, 9.17) is 27.9 Å². The lowest BCUT2D eigenvalue weighted by Crippen LogP contribution is -1.87. The van der Waals surface area contributed by atoms with Gasteiger partial charge < -0.3 is 4.74 Å². The molecule has 0 spiro atoms. The van der Waals surface area contributed by atoms with Crippen LogP contribution >= 0.6 is 23.2 Å². The predicted molar refractivity (Wildman–Crippen MR) is 54.6 cm³/mol. The van der Waals surface area contributed by atoms with Gasteiger partial charge in [-0.2, -0.15) is 4.99 Å². The van der Waals surface area contributed by atoms with Gasteiger partial charge in [0.2, 0.25) is 11.3 Å². The Morgan fingerprint density at radius 3 is 2.86 bits per heavy atom. The fourth-order valence-electron chi connectivity index (χ4n) is 0.812. The second kappa shape index (κ2) is 5.45. The molecule has 0 saturated carbocycles. The van der Waals surface area contributed by atoms with Gasteiger partial charge in [-0.15, -0.1) is 0 Å². The van der Waals surface area contributed by atoms with Crippen LogP contribution in [0, 0.1) is 0 Å². The van der Waals surface area contributed by atoms with E-state index in [9.17, 15) is 4.79 Å². The average Bonchev–Trinajstić information content (AvgIpc) is 2.21. The van der Waals surface area contributed by atoms with Crippen LogP contribution in [-0.4, -0.2) is 6.08 Å². The Bertz CT molecular complexity index is 398. The fourth-order valence-corrected chi connectivity index (χ4v) is 0.940. The zero-order chi connectivity index (χ0) is 10.4. The number of halogens is 2. The van der Waals surface area contributed by atoms with E-state index < -0.39 is 0 Å². The molecule has 0 atom stereocenters. The van der Waals surface area contributed by atoms with Crippen LogP contribution in [0.25, 0.3) is 0 Å². The first kappa shape index (κ1) is 10.8. The minimum atomic E-state index is 0.000200. The molecule has 0 aliphatic carbocycles. The van der Waals surface area contributed by atoms with E-state index in [0.717, 1.165) is 5.54 Å². The fraction of sp³-hybridized carbons (Fsp3) is 0. The first-order valence-electron chi connectivity index (χ1n) is 3.58. The number of isocyanates is 1. The van der Waals surface area contributed by atoms with Gasteiger partial charge in [0.25, 0.3) is 0 Å². The van der Waals surface area contributed by atoms with Gasteiger partial charge in [-0.25, -0.2) is 4.79 Å². The number of hydrogen-bond donors (Lipinski definition) is 0. The lowest BCUT2D eigenvalue weighted by atomic mass is 10.3. The highest BCUT2D eigenvalue weighted by Crippen LogP contribution is 2.28. The summed E-state index contributed by atoms with van der Waals surface area (Å²) in [6, 6.07) is 6.64. The van der Waals surface area contributed by atoms with Crippen LogP contribution in [-0.2, 0) is 4.79 Å². The van der Waals surface area contributed by atoms with E-state index in [1.54, 1.807) is 24.3 Å². The summed E-state index contributed by atoms with van der Waals surface area (Å²) in [4.78, 5) is 13.5. The highest BCUT2D eigenvalue weighted by atomic mass is 35.5. The van der Waals surface area contributed by atoms with Gasteiger partial charge in [0.15, 0.2) is 5.75 Å². The van der Waals surface area contributed by atoms with Crippen LogP contribution in [0.3, 0.4) is 0 Å². The van der Waals surface area contributed by atoms with E-state index in [1.165, 1.54) is 6.08 Å². The Morgan fingerprint density at radius 1 is 1.50 bits per heavy atom. The lowest BCUT2D eigenvalue weighted by molar-refractivity contribution is 0.465. The third-order valence-electron chi connectivity index (χ3n) is 1.32. The van der Waals surface area contributed by atoms with Crippen LogP contribution < -0.4 is 4.74 Å². The normalized spacial score (nSPS) is 10.6. The summed E-state index contributed by atoms with van der Waals surface area (Å²) in [5, 5.41) is 0.000200. The summed E-state index contributed by atoms with van der Waals surface area (Å²) < 4.78 is 5.07. The minimum absolute atomic E-state index is 0.000200. The van der Waals surface area contributed by atoms with Gasteiger partial charge in [0, 0.05) is 0 Å². The molecule has 3 nitrogen and oxygen atoms in total. The van der Waals surface area contributed by atoms with Crippen LogP contribution in [0.5, 0.6) is 5.75 Å². The first-order chi connectivity index (χ1) is 6.77. The molecule has 1 aromatic rings. The third-order valence-corrected chi connectivity index (χ3v) is 1.82. The van der Waals surface area contributed by atoms with Crippen molar-refractivity contribution < 1.29 is 9.53 Å². The zero-order valence-corrected chi connectivity index (χ0v) is 8.42. The Balaban J connectivity index is 3.01. The van der Waals surface area contributed by atoms with E-state index in [1.807, 2.05) is 0 Å². The van der Waals surface area contributed by atoms with Crippen molar-refractivity contribution in [2.75, 3.05) is 0 Å². The number of ether oxygens (including phenoxy) is 1. The molecule has 0 bridgehead atoms. The molecule has 0 fully saturated rings. The molecule has 0 aromatic heterocycles. The highest BCUT2D eigenvalue weighted by Gasteiger charge is 2.02. The van der Waals surface area contributed by atoms with Gasteiger partial charge in [-0.05, 0) is 23.7 Å². The van der Waals surface area contributed by atoms with E-state index >= 15 is 0 Å². The molecule has 1 aromatic carbocycles. The summed E-state index contributed by atoms with van der Waals surface area (Å²) in [5.41, 5.74) is 1.42. The maximum Gasteiger partial charge on any atom is 0.240 e. The van der Waals surface area contributed by atoms with Gasteiger partial charge in [0.05, 0.1) is 5.54 Å². The molecule has 0 N–H and O–H groups in total. The van der Waals surface area contributed by atoms with Crippen LogP contribution in [0.15, 0.2) is 40.0 Å². The molecule has 0 unspecified atom stereocenters. The van der Waals surface area contributed by atoms with Crippen LogP contribution in [0.2, 0.25) is 0 Å². The minimum Gasteiger partial charge on any atom is -0.442 e. The quantitative estimate of drug-likeness (QED) is 0.453. The Hall–Kier alpha value is -1.28. The number of para-hydroxylation sites is 2.